The zero-order valence-corrected chi connectivity index (χ0v) is 12.9. The summed E-state index contributed by atoms with van der Waals surface area (Å²) < 4.78 is 0. The Hall–Kier alpha value is -1.39. The van der Waals surface area contributed by atoms with E-state index in [-0.39, 0.29) is 17.4 Å². The van der Waals surface area contributed by atoms with Gasteiger partial charge in [-0.05, 0) is 56.3 Å². The van der Waals surface area contributed by atoms with E-state index in [1.165, 1.54) is 19.3 Å². The number of aromatic amines is 1. The maximum Gasteiger partial charge on any atom is 0.291 e. The molecule has 5 rings (SSSR count). The molecule has 4 aliphatic rings. The molecule has 0 radical (unpaired) electrons. The van der Waals surface area contributed by atoms with E-state index in [4.69, 9.17) is 0 Å². The average Bonchev–Trinajstić information content (AvgIpc) is 2.85. The molecule has 1 aromatic rings. The smallest absolute Gasteiger partial charge is 0.291 e. The van der Waals surface area contributed by atoms with Crippen molar-refractivity contribution in [1.29, 1.82) is 0 Å². The number of H-pyrrole nitrogens is 1. The van der Waals surface area contributed by atoms with E-state index >= 15 is 0 Å². The number of hydrogen-bond acceptors (Lipinski definition) is 3. The Labute approximate surface area is 125 Å². The van der Waals surface area contributed by atoms with Crippen molar-refractivity contribution in [2.24, 2.45) is 17.8 Å². The van der Waals surface area contributed by atoms with Gasteiger partial charge in [-0.1, -0.05) is 13.8 Å². The molecule has 0 aromatic carbocycles. The van der Waals surface area contributed by atoms with Gasteiger partial charge >= 0.3 is 0 Å². The summed E-state index contributed by atoms with van der Waals surface area (Å²) in [5, 5.41) is 10.3. The Kier molecular flexibility index (Phi) is 2.88. The molecule has 4 fully saturated rings. The number of hydrogen-bond donors (Lipinski definition) is 2. The second-order valence-corrected chi connectivity index (χ2v) is 7.85. The van der Waals surface area contributed by atoms with Crippen molar-refractivity contribution in [3.63, 3.8) is 0 Å². The standard InChI is InChI=1S/C16H24N4O/c1-9(2)13-17-14(20-19-13)15(21)18-16-6-10-3-11(7-16)5-12(4-10)8-16/h9-12H,3-8H2,1-2H3,(H,18,21)(H,17,19,20). The van der Waals surface area contributed by atoms with E-state index in [9.17, 15) is 4.79 Å². The highest BCUT2D eigenvalue weighted by Gasteiger charge is 2.51. The van der Waals surface area contributed by atoms with Gasteiger partial charge in [-0.3, -0.25) is 9.89 Å². The normalized spacial score (nSPS) is 37.2. The summed E-state index contributed by atoms with van der Waals surface area (Å²) in [4.78, 5) is 16.8. The molecule has 5 nitrogen and oxygen atoms in total. The van der Waals surface area contributed by atoms with Gasteiger partial charge in [-0.15, -0.1) is 5.10 Å². The molecule has 4 bridgehead atoms. The van der Waals surface area contributed by atoms with Crippen molar-refractivity contribution in [2.45, 2.75) is 63.8 Å². The summed E-state index contributed by atoms with van der Waals surface area (Å²) in [7, 11) is 0. The number of nitrogens with one attached hydrogen (secondary N) is 2. The van der Waals surface area contributed by atoms with Crippen LogP contribution in [0.25, 0.3) is 0 Å². The fraction of sp³-hybridized carbons (Fsp3) is 0.812. The van der Waals surface area contributed by atoms with Crippen LogP contribution in [0.4, 0.5) is 0 Å². The molecule has 1 aromatic heterocycles. The van der Waals surface area contributed by atoms with Crippen LogP contribution >= 0.6 is 0 Å². The Bertz CT molecular complexity index is 527. The molecule has 0 spiro atoms. The molecule has 21 heavy (non-hydrogen) atoms. The van der Waals surface area contributed by atoms with Crippen LogP contribution in [0.2, 0.25) is 0 Å². The summed E-state index contributed by atoms with van der Waals surface area (Å²) >= 11 is 0. The van der Waals surface area contributed by atoms with Crippen molar-refractivity contribution < 1.29 is 4.79 Å². The predicted octanol–water partition coefficient (Wildman–Crippen LogP) is 2.63. The molecule has 114 valence electrons. The highest BCUT2D eigenvalue weighted by Crippen LogP contribution is 2.55. The number of rotatable bonds is 3. The molecule has 4 aliphatic carbocycles. The first-order valence-electron chi connectivity index (χ1n) is 8.28. The summed E-state index contributed by atoms with van der Waals surface area (Å²) in [5.74, 6) is 3.73. The maximum absolute atomic E-state index is 12.5. The highest BCUT2D eigenvalue weighted by atomic mass is 16.2. The Morgan fingerprint density at radius 2 is 1.76 bits per heavy atom. The van der Waals surface area contributed by atoms with Crippen molar-refractivity contribution >= 4 is 5.91 Å². The first-order chi connectivity index (χ1) is 10.0. The van der Waals surface area contributed by atoms with Gasteiger partial charge in [-0.25, -0.2) is 4.98 Å². The maximum atomic E-state index is 12.5. The van der Waals surface area contributed by atoms with E-state index < -0.39 is 0 Å². The lowest BCUT2D eigenvalue weighted by Gasteiger charge is -2.56. The van der Waals surface area contributed by atoms with Crippen LogP contribution in [-0.4, -0.2) is 26.6 Å². The van der Waals surface area contributed by atoms with Crippen molar-refractivity contribution in [2.75, 3.05) is 0 Å². The largest absolute Gasteiger partial charge is 0.344 e. The van der Waals surface area contributed by atoms with E-state index in [1.54, 1.807) is 0 Å². The molecule has 0 saturated heterocycles. The first-order valence-corrected chi connectivity index (χ1v) is 8.28. The first kappa shape index (κ1) is 13.3. The number of amides is 1. The zero-order valence-electron chi connectivity index (χ0n) is 12.9. The van der Waals surface area contributed by atoms with E-state index in [2.05, 4.69) is 20.5 Å². The Morgan fingerprint density at radius 1 is 1.19 bits per heavy atom. The van der Waals surface area contributed by atoms with Crippen LogP contribution in [-0.2, 0) is 0 Å². The van der Waals surface area contributed by atoms with E-state index in [0.29, 0.717) is 5.82 Å². The van der Waals surface area contributed by atoms with E-state index in [0.717, 1.165) is 42.8 Å². The van der Waals surface area contributed by atoms with E-state index in [1.807, 2.05) is 13.8 Å². The minimum atomic E-state index is -0.0971. The SMILES string of the molecule is CC(C)c1nc(C(=O)NC23CC4CC(CC(C4)C2)C3)n[nH]1. The number of nitrogens with zero attached hydrogens (tertiary/aromatic N) is 2. The summed E-state index contributed by atoms with van der Waals surface area (Å²) in [6.07, 6.45) is 7.62. The topological polar surface area (TPSA) is 70.7 Å². The molecule has 4 saturated carbocycles. The quantitative estimate of drug-likeness (QED) is 0.898. The molecule has 1 heterocycles. The lowest BCUT2D eigenvalue weighted by Crippen LogP contribution is -2.60. The van der Waals surface area contributed by atoms with Crippen LogP contribution in [0.15, 0.2) is 0 Å². The fourth-order valence-corrected chi connectivity index (χ4v) is 5.19. The zero-order chi connectivity index (χ0) is 14.6. The molecule has 0 aliphatic heterocycles. The van der Waals surface area contributed by atoms with Gasteiger partial charge < -0.3 is 5.32 Å². The van der Waals surface area contributed by atoms with Crippen LogP contribution in [0.5, 0.6) is 0 Å². The van der Waals surface area contributed by atoms with Gasteiger partial charge in [0.25, 0.3) is 5.91 Å². The lowest BCUT2D eigenvalue weighted by molar-refractivity contribution is -0.0168. The van der Waals surface area contributed by atoms with Crippen LogP contribution in [0, 0.1) is 17.8 Å². The third kappa shape index (κ3) is 2.27. The van der Waals surface area contributed by atoms with Crippen molar-refractivity contribution in [1.82, 2.24) is 20.5 Å². The van der Waals surface area contributed by atoms with Gasteiger partial charge in [0.15, 0.2) is 0 Å². The van der Waals surface area contributed by atoms with Crippen LogP contribution in [0.3, 0.4) is 0 Å². The molecular formula is C16H24N4O. The van der Waals surface area contributed by atoms with Gasteiger partial charge in [0, 0.05) is 11.5 Å². The summed E-state index contributed by atoms with van der Waals surface area (Å²) in [6, 6.07) is 0. The minimum absolute atomic E-state index is 0.0322. The number of aromatic nitrogens is 3. The number of carbonyl (C=O) groups excluding carboxylic acids is 1. The van der Waals surface area contributed by atoms with Gasteiger partial charge in [-0.2, -0.15) is 0 Å². The Morgan fingerprint density at radius 3 is 2.24 bits per heavy atom. The second kappa shape index (κ2) is 4.55. The Balaban J connectivity index is 1.51. The lowest BCUT2D eigenvalue weighted by atomic mass is 9.53. The third-order valence-electron chi connectivity index (χ3n) is 5.67. The number of carbonyl (C=O) groups is 1. The highest BCUT2D eigenvalue weighted by molar-refractivity contribution is 5.91. The van der Waals surface area contributed by atoms with Crippen molar-refractivity contribution in [3.05, 3.63) is 11.6 Å². The second-order valence-electron chi connectivity index (χ2n) is 7.85. The molecule has 1 amide bonds. The van der Waals surface area contributed by atoms with Gasteiger partial charge in [0.1, 0.15) is 5.82 Å². The molecular weight excluding hydrogens is 264 g/mol. The van der Waals surface area contributed by atoms with Crippen LogP contribution in [0.1, 0.15) is 74.7 Å². The molecule has 5 heteroatoms. The molecule has 2 N–H and O–H groups in total. The fourth-order valence-electron chi connectivity index (χ4n) is 5.19. The van der Waals surface area contributed by atoms with Crippen LogP contribution < -0.4 is 5.32 Å². The van der Waals surface area contributed by atoms with Crippen molar-refractivity contribution in [3.8, 4) is 0 Å². The minimum Gasteiger partial charge on any atom is -0.344 e. The monoisotopic (exact) mass is 288 g/mol. The third-order valence-corrected chi connectivity index (χ3v) is 5.67. The molecule has 0 atom stereocenters. The summed E-state index contributed by atoms with van der Waals surface area (Å²) in [6.45, 7) is 4.09. The predicted molar refractivity (Wildman–Crippen MR) is 78.8 cm³/mol. The summed E-state index contributed by atoms with van der Waals surface area (Å²) in [5.41, 5.74) is 0.0322. The van der Waals surface area contributed by atoms with Gasteiger partial charge in [0.05, 0.1) is 0 Å². The molecule has 0 unspecified atom stereocenters. The average molecular weight is 288 g/mol. The van der Waals surface area contributed by atoms with Gasteiger partial charge in [0.2, 0.25) is 5.82 Å².